The van der Waals surface area contributed by atoms with E-state index in [2.05, 4.69) is 30.1 Å². The van der Waals surface area contributed by atoms with Crippen LogP contribution in [0.25, 0.3) is 0 Å². The number of hydrogen-bond donors (Lipinski definition) is 2. The first-order valence-electron chi connectivity index (χ1n) is 11.4. The predicted octanol–water partition coefficient (Wildman–Crippen LogP) is 0.745. The van der Waals surface area contributed by atoms with Crippen LogP contribution in [-0.4, -0.2) is 96.3 Å². The molecule has 1 aromatic rings. The van der Waals surface area contributed by atoms with E-state index in [1.54, 1.807) is 20.8 Å². The second-order valence-corrected chi connectivity index (χ2v) is 11.4. The molecular formula is C21H22B2ClN5O9S2. The molecular weight excluding hydrogens is 587 g/mol. The zero-order valence-corrected chi connectivity index (χ0v) is 24.0. The van der Waals surface area contributed by atoms with Crippen molar-refractivity contribution in [3.05, 3.63) is 22.3 Å². The van der Waals surface area contributed by atoms with Crippen LogP contribution in [0.15, 0.2) is 21.8 Å². The molecule has 0 aliphatic carbocycles. The van der Waals surface area contributed by atoms with Gasteiger partial charge in [0.25, 0.3) is 11.8 Å². The summed E-state index contributed by atoms with van der Waals surface area (Å²) in [5.74, 6) is -3.20. The maximum atomic E-state index is 13.3. The van der Waals surface area contributed by atoms with Gasteiger partial charge in [0.05, 0.1) is 0 Å². The van der Waals surface area contributed by atoms with Gasteiger partial charge in [0.15, 0.2) is 10.8 Å². The first-order valence-corrected chi connectivity index (χ1v) is 13.8. The molecule has 4 radical (unpaired) electrons. The minimum atomic E-state index is -1.30. The van der Waals surface area contributed by atoms with Crippen molar-refractivity contribution in [3.63, 3.8) is 0 Å². The number of halogens is 1. The summed E-state index contributed by atoms with van der Waals surface area (Å²) in [5.41, 5.74) is -0.894. The summed E-state index contributed by atoms with van der Waals surface area (Å²) in [7, 11) is 9.87. The zero-order valence-electron chi connectivity index (χ0n) is 21.6. The van der Waals surface area contributed by atoms with Gasteiger partial charge in [0.2, 0.25) is 6.10 Å². The normalized spacial score (nSPS) is 19.6. The molecule has 3 amide bonds. The average molecular weight is 610 g/mol. The molecule has 0 unspecified atom stereocenters. The highest BCUT2D eigenvalue weighted by molar-refractivity contribution is 8.00. The fourth-order valence-corrected chi connectivity index (χ4v) is 5.71. The Kier molecular flexibility index (Phi) is 10.1. The lowest BCUT2D eigenvalue weighted by molar-refractivity contribution is -0.149. The molecule has 19 heteroatoms. The minimum absolute atomic E-state index is 0.0357. The van der Waals surface area contributed by atoms with E-state index >= 15 is 0 Å². The summed E-state index contributed by atoms with van der Waals surface area (Å²) in [6.45, 7) is 6.32. The van der Waals surface area contributed by atoms with Crippen LogP contribution in [0.4, 0.5) is 9.93 Å². The Bertz CT molecular complexity index is 1270. The Balaban J connectivity index is 1.83. The molecule has 0 bridgehead atoms. The molecule has 14 nitrogen and oxygen atoms in total. The molecule has 0 saturated carbocycles. The molecule has 0 spiro atoms. The SMILES string of the molecule is [B]OC(=O)C1=C(CCl)CS[C@@H]2[C@H](NC(=O)/C(=N\O[C@H](C)C(=O)O[B])c3csc(NC(=O)OC(C)(C)C)n3)C(=O)N12. The minimum Gasteiger partial charge on any atom is -0.541 e. The summed E-state index contributed by atoms with van der Waals surface area (Å²) >= 11 is 8.12. The fraction of sp³-hybridized carbons (Fsp3) is 0.476. The van der Waals surface area contributed by atoms with Crippen molar-refractivity contribution in [2.75, 3.05) is 16.9 Å². The first kappa shape index (κ1) is 31.3. The van der Waals surface area contributed by atoms with E-state index in [0.29, 0.717) is 5.57 Å². The van der Waals surface area contributed by atoms with Gasteiger partial charge in [0, 0.05) is 17.0 Å². The lowest BCUT2D eigenvalue weighted by Crippen LogP contribution is -2.71. The molecule has 3 atom stereocenters. The maximum Gasteiger partial charge on any atom is 0.413 e. The number of nitrogens with one attached hydrogen (secondary N) is 2. The number of hydrogen-bond acceptors (Lipinski definition) is 13. The van der Waals surface area contributed by atoms with Crippen LogP contribution < -0.4 is 10.6 Å². The number of thioether (sulfide) groups is 1. The van der Waals surface area contributed by atoms with E-state index in [1.165, 1.54) is 24.1 Å². The number of β-lactam (4-membered cyclic amide) rings is 1. The highest BCUT2D eigenvalue weighted by Crippen LogP contribution is 2.40. The Morgan fingerprint density at radius 3 is 2.58 bits per heavy atom. The number of alkyl halides is 1. The van der Waals surface area contributed by atoms with Gasteiger partial charge in [-0.2, -0.15) is 0 Å². The van der Waals surface area contributed by atoms with Gasteiger partial charge >= 0.3 is 34.1 Å². The molecule has 1 saturated heterocycles. The van der Waals surface area contributed by atoms with Crippen LogP contribution in [0.3, 0.4) is 0 Å². The van der Waals surface area contributed by atoms with Crippen LogP contribution in [-0.2, 0) is 38.1 Å². The topological polar surface area (TPSA) is 175 Å². The predicted molar refractivity (Wildman–Crippen MR) is 146 cm³/mol. The van der Waals surface area contributed by atoms with Gasteiger partial charge in [-0.15, -0.1) is 34.7 Å². The second-order valence-electron chi connectivity index (χ2n) is 9.14. The standard InChI is InChI=1S/C21H22B2ClN5O9S2/c1-8(17(32)36-22)38-28-11(10-7-40-19(25-10)27-20(34)35-21(2,3)4)14(30)26-12-15(31)29-13(18(33)37-23)9(5-24)6-39-16(12)29/h7-8,12,16H,5-6H2,1-4H3,(H,26,30)(H,25,27,34)/b28-11-/t8-,12-,16-/m1/s1. The highest BCUT2D eigenvalue weighted by atomic mass is 35.5. The van der Waals surface area contributed by atoms with E-state index in [-0.39, 0.29) is 28.2 Å². The Morgan fingerprint density at radius 2 is 1.98 bits per heavy atom. The first-order chi connectivity index (χ1) is 18.8. The quantitative estimate of drug-likeness (QED) is 0.133. The molecule has 0 aromatic carbocycles. The van der Waals surface area contributed by atoms with E-state index in [1.807, 2.05) is 0 Å². The molecule has 2 aliphatic heterocycles. The third-order valence-corrected chi connectivity index (χ3v) is 7.54. The van der Waals surface area contributed by atoms with Crippen LogP contribution in [0, 0.1) is 0 Å². The Hall–Kier alpha value is -3.24. The van der Waals surface area contributed by atoms with Gasteiger partial charge in [-0.3, -0.25) is 19.8 Å². The smallest absolute Gasteiger partial charge is 0.413 e. The molecule has 3 rings (SSSR count). The number of ether oxygens (including phenoxy) is 1. The number of fused-ring (bicyclic) bond motifs is 1. The maximum absolute atomic E-state index is 13.3. The number of rotatable bonds is 9. The molecule has 2 N–H and O–H groups in total. The van der Waals surface area contributed by atoms with Crippen molar-refractivity contribution >= 4 is 91.5 Å². The number of amides is 3. The number of carbonyl (C=O) groups is 5. The average Bonchev–Trinajstić information content (AvgIpc) is 3.36. The van der Waals surface area contributed by atoms with Crippen molar-refractivity contribution in [2.24, 2.45) is 5.16 Å². The zero-order chi connectivity index (χ0) is 29.8. The van der Waals surface area contributed by atoms with Crippen molar-refractivity contribution in [3.8, 4) is 0 Å². The van der Waals surface area contributed by atoms with E-state index in [9.17, 15) is 24.0 Å². The molecule has 210 valence electrons. The molecule has 2 aliphatic rings. The lowest BCUT2D eigenvalue weighted by Gasteiger charge is -2.49. The summed E-state index contributed by atoms with van der Waals surface area (Å²) in [5, 5.41) is 9.48. The number of nitrogens with zero attached hydrogens (tertiary/aromatic N) is 3. The fourth-order valence-electron chi connectivity index (χ4n) is 3.35. The Labute approximate surface area is 244 Å². The number of carbonyl (C=O) groups excluding carboxylic acids is 5. The third kappa shape index (κ3) is 7.09. The van der Waals surface area contributed by atoms with Crippen molar-refractivity contribution in [1.82, 2.24) is 15.2 Å². The van der Waals surface area contributed by atoms with Gasteiger partial charge in [-0.05, 0) is 33.3 Å². The lowest BCUT2D eigenvalue weighted by atomic mass is 10.0. The van der Waals surface area contributed by atoms with Crippen molar-refractivity contribution < 1.29 is 42.9 Å². The van der Waals surface area contributed by atoms with Crippen LogP contribution in [0.1, 0.15) is 33.4 Å². The molecule has 3 heterocycles. The van der Waals surface area contributed by atoms with Gasteiger partial charge < -0.3 is 24.2 Å². The van der Waals surface area contributed by atoms with Gasteiger partial charge in [-0.1, -0.05) is 5.16 Å². The number of oxime groups is 1. The number of thiazole rings is 1. The van der Waals surface area contributed by atoms with Crippen molar-refractivity contribution in [2.45, 2.75) is 50.8 Å². The van der Waals surface area contributed by atoms with Gasteiger partial charge in [-0.25, -0.2) is 19.4 Å². The van der Waals surface area contributed by atoms with Crippen LogP contribution in [0.2, 0.25) is 0 Å². The summed E-state index contributed by atoms with van der Waals surface area (Å²) in [4.78, 5) is 72.6. The molecule has 40 heavy (non-hydrogen) atoms. The Morgan fingerprint density at radius 1 is 1.27 bits per heavy atom. The summed E-state index contributed by atoms with van der Waals surface area (Å²) < 4.78 is 13.6. The van der Waals surface area contributed by atoms with E-state index in [0.717, 1.165) is 16.2 Å². The van der Waals surface area contributed by atoms with Crippen molar-refractivity contribution in [1.29, 1.82) is 0 Å². The number of anilines is 1. The van der Waals surface area contributed by atoms with E-state index < -0.39 is 58.7 Å². The number of aromatic nitrogens is 1. The summed E-state index contributed by atoms with van der Waals surface area (Å²) in [6.07, 6.45) is -2.08. The van der Waals surface area contributed by atoms with Gasteiger partial charge in [0.1, 0.15) is 28.4 Å². The van der Waals surface area contributed by atoms with E-state index in [4.69, 9.17) is 37.3 Å². The summed E-state index contributed by atoms with van der Waals surface area (Å²) in [6, 6.07) is -1.08. The highest BCUT2D eigenvalue weighted by Gasteiger charge is 2.54. The second kappa shape index (κ2) is 13.0. The largest absolute Gasteiger partial charge is 0.541 e. The molecule has 1 fully saturated rings. The van der Waals surface area contributed by atoms with Crippen LogP contribution >= 0.6 is 34.7 Å². The van der Waals surface area contributed by atoms with Crippen LogP contribution in [0.5, 0.6) is 0 Å². The molecule has 1 aromatic heterocycles. The third-order valence-electron chi connectivity index (χ3n) is 5.12. The monoisotopic (exact) mass is 609 g/mol.